The molecule has 0 atom stereocenters. The quantitative estimate of drug-likeness (QED) is 0.866. The van der Waals surface area contributed by atoms with Crippen LogP contribution < -0.4 is 4.72 Å². The highest BCUT2D eigenvalue weighted by molar-refractivity contribution is 8.13. The van der Waals surface area contributed by atoms with E-state index in [4.69, 9.17) is 0 Å². The smallest absolute Gasteiger partial charge is 0.285 e. The molecule has 0 aliphatic rings. The summed E-state index contributed by atoms with van der Waals surface area (Å²) in [5.41, 5.74) is 0.463. The number of amides is 1. The fraction of sp³-hybridized carbons (Fsp3) is 0.154. The molecule has 0 saturated heterocycles. The Morgan fingerprint density at radius 2 is 1.86 bits per heavy atom. The third-order valence-corrected chi connectivity index (χ3v) is 6.26. The van der Waals surface area contributed by atoms with Gasteiger partial charge in [-0.1, -0.05) is 6.07 Å². The van der Waals surface area contributed by atoms with Crippen LogP contribution in [0, 0.1) is 0 Å². The standard InChI is InChI=1S/C13H14N2O3S3/c1-15(2)13(16)20-11-7-5-10(6-8-11)14-21(17,18)12-4-3-9-19-12/h3-9,14H,1-2H3. The zero-order valence-corrected chi connectivity index (χ0v) is 13.9. The van der Waals surface area contributed by atoms with Crippen LogP contribution in [0.15, 0.2) is 50.9 Å². The fourth-order valence-electron chi connectivity index (χ4n) is 1.40. The number of benzene rings is 1. The second-order valence-electron chi connectivity index (χ2n) is 4.32. The van der Waals surface area contributed by atoms with Crippen LogP contribution in [0.1, 0.15) is 0 Å². The Balaban J connectivity index is 2.08. The first-order chi connectivity index (χ1) is 9.88. The predicted octanol–water partition coefficient (Wildman–Crippen LogP) is 3.32. The molecule has 1 aromatic carbocycles. The van der Waals surface area contributed by atoms with E-state index in [1.165, 1.54) is 4.90 Å². The van der Waals surface area contributed by atoms with Crippen molar-refractivity contribution >= 4 is 44.0 Å². The summed E-state index contributed by atoms with van der Waals surface area (Å²) in [6.07, 6.45) is 0. The van der Waals surface area contributed by atoms with Crippen LogP contribution in [-0.4, -0.2) is 32.7 Å². The number of sulfonamides is 1. The van der Waals surface area contributed by atoms with Crippen molar-refractivity contribution in [2.24, 2.45) is 0 Å². The van der Waals surface area contributed by atoms with E-state index in [9.17, 15) is 13.2 Å². The highest BCUT2D eigenvalue weighted by atomic mass is 32.2. The Morgan fingerprint density at radius 3 is 2.38 bits per heavy atom. The molecule has 0 bridgehead atoms. The Hall–Kier alpha value is -1.51. The van der Waals surface area contributed by atoms with Crippen LogP contribution in [-0.2, 0) is 10.0 Å². The number of thioether (sulfide) groups is 1. The largest absolute Gasteiger partial charge is 0.339 e. The molecule has 8 heteroatoms. The van der Waals surface area contributed by atoms with Crippen molar-refractivity contribution in [2.75, 3.05) is 18.8 Å². The molecule has 0 aliphatic carbocycles. The summed E-state index contributed by atoms with van der Waals surface area (Å²) in [4.78, 5) is 13.8. The van der Waals surface area contributed by atoms with E-state index < -0.39 is 10.0 Å². The normalized spacial score (nSPS) is 11.1. The maximum Gasteiger partial charge on any atom is 0.285 e. The van der Waals surface area contributed by atoms with E-state index in [0.29, 0.717) is 5.69 Å². The highest BCUT2D eigenvalue weighted by Crippen LogP contribution is 2.24. The molecule has 1 heterocycles. The zero-order valence-electron chi connectivity index (χ0n) is 11.4. The van der Waals surface area contributed by atoms with E-state index in [2.05, 4.69) is 4.72 Å². The molecule has 0 fully saturated rings. The lowest BCUT2D eigenvalue weighted by Crippen LogP contribution is -2.16. The van der Waals surface area contributed by atoms with Crippen molar-refractivity contribution < 1.29 is 13.2 Å². The minimum absolute atomic E-state index is 0.0816. The molecule has 1 aromatic heterocycles. The molecule has 0 saturated carbocycles. The topological polar surface area (TPSA) is 66.5 Å². The summed E-state index contributed by atoms with van der Waals surface area (Å²) in [7, 11) is -0.174. The lowest BCUT2D eigenvalue weighted by atomic mass is 10.3. The number of carbonyl (C=O) groups excluding carboxylic acids is 1. The van der Waals surface area contributed by atoms with Crippen LogP contribution in [0.3, 0.4) is 0 Å². The Kier molecular flexibility index (Phi) is 4.92. The zero-order chi connectivity index (χ0) is 15.5. The van der Waals surface area contributed by atoms with Crippen molar-refractivity contribution in [1.29, 1.82) is 0 Å². The first-order valence-electron chi connectivity index (χ1n) is 5.94. The molecule has 0 aliphatic heterocycles. The van der Waals surface area contributed by atoms with Crippen LogP contribution in [0.4, 0.5) is 10.5 Å². The fourth-order valence-corrected chi connectivity index (χ4v) is 4.11. The Labute approximate surface area is 132 Å². The first-order valence-corrected chi connectivity index (χ1v) is 9.12. The Bertz CT molecular complexity index is 708. The van der Waals surface area contributed by atoms with Gasteiger partial charge in [0.15, 0.2) is 0 Å². The van der Waals surface area contributed by atoms with Gasteiger partial charge in [-0.25, -0.2) is 8.42 Å². The maximum atomic E-state index is 12.0. The lowest BCUT2D eigenvalue weighted by Gasteiger charge is -2.10. The van der Waals surface area contributed by atoms with Gasteiger partial charge in [-0.05, 0) is 47.5 Å². The molecular weight excluding hydrogens is 328 g/mol. The lowest BCUT2D eigenvalue weighted by molar-refractivity contribution is 0.241. The molecular formula is C13H14N2O3S3. The first kappa shape index (κ1) is 15.9. The average Bonchev–Trinajstić information content (AvgIpc) is 2.95. The summed E-state index contributed by atoms with van der Waals surface area (Å²) in [5, 5.41) is 1.63. The molecule has 0 radical (unpaired) electrons. The van der Waals surface area contributed by atoms with Crippen LogP contribution in [0.5, 0.6) is 0 Å². The van der Waals surface area contributed by atoms with Crippen LogP contribution in [0.25, 0.3) is 0 Å². The minimum atomic E-state index is -3.53. The van der Waals surface area contributed by atoms with Crippen LogP contribution in [0.2, 0.25) is 0 Å². The van der Waals surface area contributed by atoms with Crippen molar-refractivity contribution in [3.63, 3.8) is 0 Å². The van der Waals surface area contributed by atoms with Crippen molar-refractivity contribution in [3.8, 4) is 0 Å². The summed E-state index contributed by atoms with van der Waals surface area (Å²) >= 11 is 2.25. The Morgan fingerprint density at radius 1 is 1.19 bits per heavy atom. The second kappa shape index (κ2) is 6.50. The van der Waals surface area contributed by atoms with Crippen molar-refractivity contribution in [2.45, 2.75) is 9.10 Å². The van der Waals surface area contributed by atoms with E-state index >= 15 is 0 Å². The molecule has 1 amide bonds. The molecule has 2 aromatic rings. The van der Waals surface area contributed by atoms with Gasteiger partial charge < -0.3 is 4.90 Å². The average molecular weight is 342 g/mol. The van der Waals surface area contributed by atoms with Gasteiger partial charge >= 0.3 is 0 Å². The van der Waals surface area contributed by atoms with Crippen molar-refractivity contribution in [1.82, 2.24) is 4.90 Å². The van der Waals surface area contributed by atoms with E-state index in [1.807, 2.05) is 0 Å². The second-order valence-corrected chi connectivity index (χ2v) is 8.21. The third-order valence-electron chi connectivity index (χ3n) is 2.44. The monoisotopic (exact) mass is 342 g/mol. The van der Waals surface area contributed by atoms with Gasteiger partial charge in [0.1, 0.15) is 4.21 Å². The van der Waals surface area contributed by atoms with Gasteiger partial charge in [-0.2, -0.15) is 0 Å². The molecule has 2 rings (SSSR count). The van der Waals surface area contributed by atoms with Crippen molar-refractivity contribution in [3.05, 3.63) is 41.8 Å². The third kappa shape index (κ3) is 4.23. The molecule has 0 spiro atoms. The summed E-state index contributed by atoms with van der Waals surface area (Å²) in [5.74, 6) is 0. The van der Waals surface area contributed by atoms with Gasteiger partial charge in [0, 0.05) is 24.7 Å². The number of thiophene rings is 1. The maximum absolute atomic E-state index is 12.0. The summed E-state index contributed by atoms with van der Waals surface area (Å²) in [6.45, 7) is 0. The summed E-state index contributed by atoms with van der Waals surface area (Å²) in [6, 6.07) is 9.92. The number of hydrogen-bond donors (Lipinski definition) is 1. The van der Waals surface area contributed by atoms with Crippen LogP contribution >= 0.6 is 23.1 Å². The van der Waals surface area contributed by atoms with E-state index in [1.54, 1.807) is 55.9 Å². The SMILES string of the molecule is CN(C)C(=O)Sc1ccc(NS(=O)(=O)c2cccs2)cc1. The number of nitrogens with one attached hydrogen (secondary N) is 1. The minimum Gasteiger partial charge on any atom is -0.339 e. The molecule has 21 heavy (non-hydrogen) atoms. The van der Waals surface area contributed by atoms with E-state index in [-0.39, 0.29) is 9.45 Å². The molecule has 112 valence electrons. The summed E-state index contributed by atoms with van der Waals surface area (Å²) < 4.78 is 26.9. The number of anilines is 1. The van der Waals surface area contributed by atoms with Gasteiger partial charge in [0.05, 0.1) is 0 Å². The van der Waals surface area contributed by atoms with Gasteiger partial charge in [-0.3, -0.25) is 9.52 Å². The number of carbonyl (C=O) groups is 1. The predicted molar refractivity (Wildman–Crippen MR) is 86.5 cm³/mol. The molecule has 5 nitrogen and oxygen atoms in total. The highest BCUT2D eigenvalue weighted by Gasteiger charge is 2.15. The van der Waals surface area contributed by atoms with Gasteiger partial charge in [0.2, 0.25) is 0 Å². The van der Waals surface area contributed by atoms with Gasteiger partial charge in [0.25, 0.3) is 15.3 Å². The number of hydrogen-bond acceptors (Lipinski definition) is 5. The number of nitrogens with zero attached hydrogens (tertiary/aromatic N) is 1. The van der Waals surface area contributed by atoms with E-state index in [0.717, 1.165) is 28.0 Å². The van der Waals surface area contributed by atoms with Gasteiger partial charge in [-0.15, -0.1) is 11.3 Å². The molecule has 0 unspecified atom stereocenters. The number of rotatable bonds is 4. The molecule has 1 N–H and O–H groups in total.